The average molecular weight is 445 g/mol. The van der Waals surface area contributed by atoms with Crippen LogP contribution in [-0.4, -0.2) is 61.8 Å². The molecule has 1 fully saturated rings. The summed E-state index contributed by atoms with van der Waals surface area (Å²) in [5, 5.41) is 2.52. The fraction of sp³-hybridized carbons (Fsp3) is 0.364. The molecule has 3 N–H and O–H groups in total. The minimum Gasteiger partial charge on any atom is -0.352 e. The number of carbonyl (C=O) groups is 2. The Morgan fingerprint density at radius 3 is 2.23 bits per heavy atom. The third-order valence-corrected chi connectivity index (χ3v) is 7.46. The van der Waals surface area contributed by atoms with Gasteiger partial charge in [-0.3, -0.25) is 4.79 Å². The van der Waals surface area contributed by atoms with Gasteiger partial charge < -0.3 is 16.0 Å². The number of hydrogen-bond donors (Lipinski definition) is 2. The van der Waals surface area contributed by atoms with Gasteiger partial charge in [0.05, 0.1) is 4.90 Å². The van der Waals surface area contributed by atoms with Crippen molar-refractivity contribution in [3.63, 3.8) is 0 Å². The van der Waals surface area contributed by atoms with E-state index in [1.54, 1.807) is 23.1 Å². The molecule has 31 heavy (non-hydrogen) atoms. The number of sulfonamides is 1. The van der Waals surface area contributed by atoms with E-state index in [1.165, 1.54) is 4.31 Å². The van der Waals surface area contributed by atoms with Crippen molar-refractivity contribution in [1.29, 1.82) is 0 Å². The van der Waals surface area contributed by atoms with Gasteiger partial charge in [-0.05, 0) is 42.7 Å². The van der Waals surface area contributed by atoms with Crippen LogP contribution in [0.3, 0.4) is 0 Å². The Bertz CT molecular complexity index is 1050. The maximum Gasteiger partial charge on any atom is 0.312 e. The Hall–Kier alpha value is -2.91. The zero-order valence-corrected chi connectivity index (χ0v) is 18.6. The number of nitrogens with zero attached hydrogens (tertiary/aromatic N) is 2. The summed E-state index contributed by atoms with van der Waals surface area (Å²) in [5.74, 6) is -0.272. The molecule has 0 bridgehead atoms. The normalized spacial score (nSPS) is 16.0. The number of amides is 3. The quantitative estimate of drug-likeness (QED) is 0.701. The Morgan fingerprint density at radius 1 is 1.00 bits per heavy atom. The molecule has 0 spiro atoms. The van der Waals surface area contributed by atoms with Gasteiger partial charge in [-0.25, -0.2) is 13.2 Å². The first kappa shape index (κ1) is 22.8. The standard InChI is InChI=1S/C22H28N4O4S/c1-16-8-9-19(14-17(16)2)31(29,30)26-12-10-25(11-13-26)21(27)20(24-22(23)28)15-18-6-4-3-5-7-18/h3-9,14,20H,10-13,15H2,1-2H3,(H3,23,24,28). The number of rotatable bonds is 6. The zero-order chi connectivity index (χ0) is 22.6. The molecule has 3 amide bonds. The van der Waals surface area contributed by atoms with Crippen LogP contribution in [0, 0.1) is 13.8 Å². The predicted molar refractivity (Wildman–Crippen MR) is 118 cm³/mol. The number of piperazine rings is 1. The molecule has 1 heterocycles. The van der Waals surface area contributed by atoms with E-state index in [4.69, 9.17) is 5.73 Å². The number of urea groups is 1. The summed E-state index contributed by atoms with van der Waals surface area (Å²) < 4.78 is 27.4. The Morgan fingerprint density at radius 2 is 1.65 bits per heavy atom. The van der Waals surface area contributed by atoms with Gasteiger partial charge in [0.25, 0.3) is 0 Å². The summed E-state index contributed by atoms with van der Waals surface area (Å²) in [7, 11) is -3.63. The maximum absolute atomic E-state index is 13.0. The molecule has 3 rings (SSSR count). The second-order valence-corrected chi connectivity index (χ2v) is 9.66. The molecular weight excluding hydrogens is 416 g/mol. The first-order chi connectivity index (χ1) is 14.7. The molecule has 166 valence electrons. The lowest BCUT2D eigenvalue weighted by atomic mass is 10.0. The van der Waals surface area contributed by atoms with Crippen LogP contribution in [0.25, 0.3) is 0 Å². The highest BCUT2D eigenvalue weighted by atomic mass is 32.2. The van der Waals surface area contributed by atoms with E-state index in [1.807, 2.05) is 44.2 Å². The number of carbonyl (C=O) groups excluding carboxylic acids is 2. The van der Waals surface area contributed by atoms with Crippen LogP contribution in [0.15, 0.2) is 53.4 Å². The summed E-state index contributed by atoms with van der Waals surface area (Å²) in [6, 6.07) is 12.8. The highest BCUT2D eigenvalue weighted by Crippen LogP contribution is 2.21. The fourth-order valence-electron chi connectivity index (χ4n) is 3.61. The van der Waals surface area contributed by atoms with E-state index in [0.717, 1.165) is 16.7 Å². The summed E-state index contributed by atoms with van der Waals surface area (Å²) in [4.78, 5) is 26.3. The Labute approximate surface area is 183 Å². The van der Waals surface area contributed by atoms with Gasteiger partial charge in [0.2, 0.25) is 15.9 Å². The van der Waals surface area contributed by atoms with Gasteiger partial charge in [0.15, 0.2) is 0 Å². The van der Waals surface area contributed by atoms with Crippen molar-refractivity contribution in [3.8, 4) is 0 Å². The van der Waals surface area contributed by atoms with E-state index in [0.29, 0.717) is 6.42 Å². The van der Waals surface area contributed by atoms with Crippen LogP contribution in [-0.2, 0) is 21.2 Å². The molecule has 0 aromatic heterocycles. The Balaban J connectivity index is 1.68. The third kappa shape index (κ3) is 5.42. The molecule has 1 aliphatic rings. The molecule has 0 saturated carbocycles. The van der Waals surface area contributed by atoms with E-state index in [2.05, 4.69) is 5.32 Å². The van der Waals surface area contributed by atoms with Gasteiger partial charge in [-0.15, -0.1) is 0 Å². The van der Waals surface area contributed by atoms with Crippen LogP contribution in [0.1, 0.15) is 16.7 Å². The molecule has 1 aliphatic heterocycles. The lowest BCUT2D eigenvalue weighted by molar-refractivity contribution is -0.134. The van der Waals surface area contributed by atoms with E-state index in [9.17, 15) is 18.0 Å². The minimum atomic E-state index is -3.63. The highest BCUT2D eigenvalue weighted by Gasteiger charge is 2.33. The summed E-state index contributed by atoms with van der Waals surface area (Å²) >= 11 is 0. The van der Waals surface area contributed by atoms with Crippen molar-refractivity contribution in [3.05, 3.63) is 65.2 Å². The van der Waals surface area contributed by atoms with Crippen molar-refractivity contribution < 1.29 is 18.0 Å². The number of aryl methyl sites for hydroxylation is 2. The van der Waals surface area contributed by atoms with Crippen molar-refractivity contribution in [1.82, 2.24) is 14.5 Å². The summed E-state index contributed by atoms with van der Waals surface area (Å²) in [6.07, 6.45) is 0.309. The van der Waals surface area contributed by atoms with Crippen LogP contribution in [0.2, 0.25) is 0 Å². The Kier molecular flexibility index (Phi) is 6.97. The first-order valence-corrected chi connectivity index (χ1v) is 11.6. The van der Waals surface area contributed by atoms with Crippen LogP contribution < -0.4 is 11.1 Å². The molecular formula is C22H28N4O4S. The number of nitrogens with two attached hydrogens (primary N) is 1. The molecule has 1 unspecified atom stereocenters. The lowest BCUT2D eigenvalue weighted by Gasteiger charge is -2.36. The maximum atomic E-state index is 13.0. The monoisotopic (exact) mass is 444 g/mol. The van der Waals surface area contributed by atoms with Crippen molar-refractivity contribution in [2.75, 3.05) is 26.2 Å². The number of hydrogen-bond acceptors (Lipinski definition) is 4. The average Bonchev–Trinajstić information content (AvgIpc) is 2.75. The van der Waals surface area contributed by atoms with Crippen LogP contribution in [0.5, 0.6) is 0 Å². The van der Waals surface area contributed by atoms with Crippen molar-refractivity contribution >= 4 is 22.0 Å². The lowest BCUT2D eigenvalue weighted by Crippen LogP contribution is -2.56. The largest absolute Gasteiger partial charge is 0.352 e. The molecule has 2 aromatic carbocycles. The van der Waals surface area contributed by atoms with E-state index < -0.39 is 22.1 Å². The molecule has 0 radical (unpaired) electrons. The first-order valence-electron chi connectivity index (χ1n) is 10.1. The van der Waals surface area contributed by atoms with Gasteiger partial charge >= 0.3 is 6.03 Å². The van der Waals surface area contributed by atoms with Gasteiger partial charge in [0, 0.05) is 32.6 Å². The number of benzene rings is 2. The van der Waals surface area contributed by atoms with Gasteiger partial charge in [-0.1, -0.05) is 36.4 Å². The van der Waals surface area contributed by atoms with Crippen LogP contribution in [0.4, 0.5) is 4.79 Å². The third-order valence-electron chi connectivity index (χ3n) is 5.56. The smallest absolute Gasteiger partial charge is 0.312 e. The highest BCUT2D eigenvalue weighted by molar-refractivity contribution is 7.89. The van der Waals surface area contributed by atoms with Crippen molar-refractivity contribution in [2.24, 2.45) is 5.73 Å². The SMILES string of the molecule is Cc1ccc(S(=O)(=O)N2CCN(C(=O)C(Cc3ccccc3)NC(N)=O)CC2)cc1C. The van der Waals surface area contributed by atoms with Gasteiger partial charge in [0.1, 0.15) is 6.04 Å². The summed E-state index contributed by atoms with van der Waals surface area (Å²) in [5.41, 5.74) is 8.11. The molecule has 2 aromatic rings. The number of nitrogens with one attached hydrogen (secondary N) is 1. The summed E-state index contributed by atoms with van der Waals surface area (Å²) in [6.45, 7) is 4.68. The molecule has 1 atom stereocenters. The topological polar surface area (TPSA) is 113 Å². The molecule has 8 nitrogen and oxygen atoms in total. The fourth-order valence-corrected chi connectivity index (χ4v) is 5.12. The van der Waals surface area contributed by atoms with Crippen LogP contribution >= 0.6 is 0 Å². The molecule has 0 aliphatic carbocycles. The number of primary amides is 1. The second kappa shape index (κ2) is 9.49. The molecule has 1 saturated heterocycles. The van der Waals surface area contributed by atoms with E-state index in [-0.39, 0.29) is 37.0 Å². The predicted octanol–water partition coefficient (Wildman–Crippen LogP) is 1.42. The molecule has 9 heteroatoms. The van der Waals surface area contributed by atoms with Crippen molar-refractivity contribution in [2.45, 2.75) is 31.2 Å². The van der Waals surface area contributed by atoms with E-state index >= 15 is 0 Å². The minimum absolute atomic E-state index is 0.190. The second-order valence-electron chi connectivity index (χ2n) is 7.73. The van der Waals surface area contributed by atoms with Gasteiger partial charge in [-0.2, -0.15) is 4.31 Å². The zero-order valence-electron chi connectivity index (χ0n) is 17.7.